The second kappa shape index (κ2) is 20.9. The number of ketones is 1. The molecular formula is C36H58N4O4S. The number of hydrogen-bond donors (Lipinski definition) is 2. The Labute approximate surface area is 276 Å². The number of carbonyl (C=O) groups excluding carboxylic acids is 4. The van der Waals surface area contributed by atoms with Crippen LogP contribution in [0.3, 0.4) is 0 Å². The molecule has 1 saturated carbocycles. The van der Waals surface area contributed by atoms with E-state index >= 15 is 0 Å². The van der Waals surface area contributed by atoms with Gasteiger partial charge in [-0.15, -0.1) is 11.3 Å². The van der Waals surface area contributed by atoms with Crippen LogP contribution in [0.25, 0.3) is 10.4 Å². The molecule has 45 heavy (non-hydrogen) atoms. The molecule has 2 N–H and O–H groups in total. The largest absolute Gasteiger partial charge is 0.355 e. The average molecular weight is 643 g/mol. The van der Waals surface area contributed by atoms with Gasteiger partial charge in [0.1, 0.15) is 0 Å². The summed E-state index contributed by atoms with van der Waals surface area (Å²) >= 11 is 1.64. The lowest BCUT2D eigenvalue weighted by molar-refractivity contribution is -0.125. The zero-order chi connectivity index (χ0) is 34.1. The Morgan fingerprint density at radius 1 is 1.04 bits per heavy atom. The second-order valence-electron chi connectivity index (χ2n) is 13.3. The number of likely N-dealkylation sites (tertiary alicyclic amines) is 1. The van der Waals surface area contributed by atoms with E-state index in [1.165, 1.54) is 43.6 Å². The summed E-state index contributed by atoms with van der Waals surface area (Å²) < 4.78 is 0. The topological polar surface area (TPSA) is 108 Å². The maximum absolute atomic E-state index is 11.0. The van der Waals surface area contributed by atoms with Gasteiger partial charge in [0.2, 0.25) is 18.7 Å². The fourth-order valence-electron chi connectivity index (χ4n) is 6.25. The van der Waals surface area contributed by atoms with Crippen molar-refractivity contribution in [2.45, 2.75) is 114 Å². The van der Waals surface area contributed by atoms with Gasteiger partial charge in [0, 0.05) is 26.1 Å². The molecule has 1 aliphatic heterocycles. The highest BCUT2D eigenvalue weighted by atomic mass is 32.1. The maximum Gasteiger partial charge on any atom is 0.217 e. The summed E-state index contributed by atoms with van der Waals surface area (Å²) in [6.07, 6.45) is 6.19. The Morgan fingerprint density at radius 2 is 1.67 bits per heavy atom. The minimum atomic E-state index is -0.303. The van der Waals surface area contributed by atoms with Crippen LogP contribution in [0.1, 0.15) is 99.3 Å². The normalized spacial score (nSPS) is 20.7. The van der Waals surface area contributed by atoms with Crippen LogP contribution in [0.2, 0.25) is 0 Å². The molecule has 1 aliphatic carbocycles. The van der Waals surface area contributed by atoms with Crippen molar-refractivity contribution in [2.75, 3.05) is 6.54 Å². The minimum absolute atomic E-state index is 0.0268. The summed E-state index contributed by atoms with van der Waals surface area (Å²) in [7, 11) is 0. The predicted octanol–water partition coefficient (Wildman–Crippen LogP) is 7.05. The highest BCUT2D eigenvalue weighted by molar-refractivity contribution is 7.13. The number of amides is 3. The molecule has 0 radical (unpaired) electrons. The molecule has 3 amide bonds. The van der Waals surface area contributed by atoms with E-state index in [9.17, 15) is 19.2 Å². The number of Topliss-reactive ketones (excluding diaryl/α,β-unsaturated/α-hetero) is 1. The number of carbonyl (C=O) groups is 4. The lowest BCUT2D eigenvalue weighted by atomic mass is 9.62. The van der Waals surface area contributed by atoms with Crippen LogP contribution in [0, 0.1) is 36.5 Å². The molecule has 4 unspecified atom stereocenters. The van der Waals surface area contributed by atoms with E-state index in [1.54, 1.807) is 11.3 Å². The summed E-state index contributed by atoms with van der Waals surface area (Å²) in [5.41, 5.74) is 5.18. The van der Waals surface area contributed by atoms with Gasteiger partial charge in [0.15, 0.2) is 5.78 Å². The van der Waals surface area contributed by atoms with E-state index < -0.39 is 0 Å². The smallest absolute Gasteiger partial charge is 0.217 e. The molecule has 2 heterocycles. The molecule has 252 valence electrons. The molecule has 8 nitrogen and oxygen atoms in total. The van der Waals surface area contributed by atoms with Gasteiger partial charge in [0.25, 0.3) is 0 Å². The molecule has 2 aliphatic rings. The number of aryl methyl sites for hydroxylation is 1. The monoisotopic (exact) mass is 642 g/mol. The van der Waals surface area contributed by atoms with Gasteiger partial charge < -0.3 is 15.5 Å². The summed E-state index contributed by atoms with van der Waals surface area (Å²) in [5.74, 6) is 4.23. The Kier molecular flexibility index (Phi) is 18.5. The van der Waals surface area contributed by atoms with Crippen molar-refractivity contribution in [3.05, 3.63) is 41.0 Å². The van der Waals surface area contributed by atoms with Crippen molar-refractivity contribution in [1.29, 1.82) is 0 Å². The molecule has 1 aromatic carbocycles. The summed E-state index contributed by atoms with van der Waals surface area (Å²) in [6.45, 7) is 22.1. The maximum atomic E-state index is 11.0. The number of benzene rings is 1. The average Bonchev–Trinajstić information content (AvgIpc) is 3.59. The number of hydrogen-bond acceptors (Lipinski definition) is 6. The van der Waals surface area contributed by atoms with Gasteiger partial charge in [-0.3, -0.25) is 19.2 Å². The number of aromatic nitrogens is 1. The van der Waals surface area contributed by atoms with E-state index in [-0.39, 0.29) is 17.7 Å². The van der Waals surface area contributed by atoms with Crippen molar-refractivity contribution in [1.82, 2.24) is 20.5 Å². The minimum Gasteiger partial charge on any atom is -0.355 e. The number of rotatable bonds is 10. The first-order valence-electron chi connectivity index (χ1n) is 16.4. The summed E-state index contributed by atoms with van der Waals surface area (Å²) in [5, 5.41) is 5.26. The summed E-state index contributed by atoms with van der Waals surface area (Å²) in [4.78, 5) is 49.3. The van der Waals surface area contributed by atoms with E-state index in [0.717, 1.165) is 54.3 Å². The van der Waals surface area contributed by atoms with Crippen LogP contribution in [0.15, 0.2) is 29.8 Å². The molecule has 4 rings (SSSR count). The van der Waals surface area contributed by atoms with Crippen molar-refractivity contribution >= 4 is 35.8 Å². The molecule has 0 spiro atoms. The van der Waals surface area contributed by atoms with Crippen LogP contribution >= 0.6 is 11.3 Å². The van der Waals surface area contributed by atoms with Crippen LogP contribution in [-0.2, 0) is 25.7 Å². The zero-order valence-electron chi connectivity index (χ0n) is 29.3. The summed E-state index contributed by atoms with van der Waals surface area (Å²) in [6, 6.07) is 8.34. The van der Waals surface area contributed by atoms with Crippen molar-refractivity contribution < 1.29 is 19.2 Å². The lowest BCUT2D eigenvalue weighted by Gasteiger charge is -2.44. The Balaban J connectivity index is 0.000000312. The van der Waals surface area contributed by atoms with Crippen molar-refractivity contribution in [3.8, 4) is 10.4 Å². The Hall–Kier alpha value is -3.07. The highest BCUT2D eigenvalue weighted by Gasteiger charge is 2.36. The Morgan fingerprint density at radius 3 is 2.00 bits per heavy atom. The SMILES string of the molecule is CC(=O)NC(CC(C)C)C(C)=O.CC(C)C1C(C)CC1C.CC1CCCN1C=O.Cc1ncsc1-c1ccc(CNC=O)cc1. The number of nitrogens with zero attached hydrogens (tertiary/aromatic N) is 2. The highest BCUT2D eigenvalue weighted by Crippen LogP contribution is 2.44. The van der Waals surface area contributed by atoms with E-state index in [4.69, 9.17) is 0 Å². The van der Waals surface area contributed by atoms with Gasteiger partial charge in [-0.2, -0.15) is 0 Å². The van der Waals surface area contributed by atoms with E-state index in [0.29, 0.717) is 24.9 Å². The second-order valence-corrected chi connectivity index (χ2v) is 14.2. The van der Waals surface area contributed by atoms with Gasteiger partial charge in [-0.1, -0.05) is 65.8 Å². The van der Waals surface area contributed by atoms with E-state index in [2.05, 4.69) is 62.4 Å². The van der Waals surface area contributed by atoms with E-state index in [1.807, 2.05) is 43.3 Å². The zero-order valence-corrected chi connectivity index (χ0v) is 30.1. The third-order valence-electron chi connectivity index (χ3n) is 8.49. The van der Waals surface area contributed by atoms with Crippen LogP contribution in [-0.4, -0.2) is 53.0 Å². The molecule has 2 fully saturated rings. The van der Waals surface area contributed by atoms with Crippen molar-refractivity contribution in [2.24, 2.45) is 29.6 Å². The van der Waals surface area contributed by atoms with Gasteiger partial charge in [-0.05, 0) is 87.2 Å². The van der Waals surface area contributed by atoms with Gasteiger partial charge in [0.05, 0.1) is 22.1 Å². The van der Waals surface area contributed by atoms with Crippen LogP contribution in [0.4, 0.5) is 0 Å². The third kappa shape index (κ3) is 14.7. The molecule has 1 aromatic heterocycles. The number of nitrogens with one attached hydrogen (secondary N) is 2. The lowest BCUT2D eigenvalue weighted by Crippen LogP contribution is -2.39. The molecule has 0 bridgehead atoms. The first kappa shape index (κ1) is 40.0. The third-order valence-corrected chi connectivity index (χ3v) is 9.47. The molecule has 9 heteroatoms. The van der Waals surface area contributed by atoms with Crippen LogP contribution in [0.5, 0.6) is 0 Å². The Bertz CT molecular complexity index is 1150. The van der Waals surface area contributed by atoms with Gasteiger partial charge in [-0.25, -0.2) is 4.98 Å². The first-order chi connectivity index (χ1) is 21.2. The fraction of sp³-hybridized carbons (Fsp3) is 0.639. The molecule has 2 aromatic rings. The van der Waals surface area contributed by atoms with Crippen molar-refractivity contribution in [3.63, 3.8) is 0 Å². The molecule has 1 saturated heterocycles. The molecular weight excluding hydrogens is 584 g/mol. The van der Waals surface area contributed by atoms with Gasteiger partial charge >= 0.3 is 0 Å². The molecule has 4 atom stereocenters. The standard InChI is InChI=1S/C12H12N2OS.C9H17NO2.C9H18.C6H11NO/c1-9-12(16-8-14-9)11-4-2-10(3-5-11)6-13-7-15;1-6(2)5-9(7(3)11)10-8(4)12;1-6(2)9-7(3)5-8(9)4;1-6-3-2-4-7(6)5-8/h2-5,7-8H,6H2,1H3,(H,13,15);6,9H,5H2,1-4H3,(H,10,12);6-9H,5H2,1-4H3;5-6H,2-4H2,1H3. The van der Waals surface area contributed by atoms with Crippen LogP contribution < -0.4 is 10.6 Å². The quantitative estimate of drug-likeness (QED) is 0.270. The first-order valence-corrected chi connectivity index (χ1v) is 17.2. The number of thiazole rings is 1. The fourth-order valence-corrected chi connectivity index (χ4v) is 7.06. The predicted molar refractivity (Wildman–Crippen MR) is 186 cm³/mol.